The molecule has 0 aliphatic rings. The van der Waals surface area contributed by atoms with E-state index < -0.39 is 18.0 Å². The SMILES string of the molecule is C#CCN(CCC)C(=O)NC(C(=O)O)C(C)CC. The van der Waals surface area contributed by atoms with Crippen molar-refractivity contribution < 1.29 is 14.7 Å². The Morgan fingerprint density at radius 3 is 2.44 bits per heavy atom. The molecule has 0 saturated heterocycles. The number of amides is 2. The summed E-state index contributed by atoms with van der Waals surface area (Å²) in [6.07, 6.45) is 6.64. The second-order valence-electron chi connectivity index (χ2n) is 4.28. The first-order chi connectivity index (χ1) is 8.47. The van der Waals surface area contributed by atoms with Crippen molar-refractivity contribution in [3.05, 3.63) is 0 Å². The summed E-state index contributed by atoms with van der Waals surface area (Å²) < 4.78 is 0. The van der Waals surface area contributed by atoms with Gasteiger partial charge in [0, 0.05) is 6.54 Å². The number of terminal acetylenes is 1. The fourth-order valence-electron chi connectivity index (χ4n) is 1.54. The molecule has 2 amide bonds. The third kappa shape index (κ3) is 5.09. The maximum absolute atomic E-state index is 11.9. The Morgan fingerprint density at radius 2 is 2.06 bits per heavy atom. The molecule has 0 aromatic heterocycles. The first-order valence-corrected chi connectivity index (χ1v) is 6.19. The number of nitrogens with zero attached hydrogens (tertiary/aromatic N) is 1. The van der Waals surface area contributed by atoms with Crippen molar-refractivity contribution in [1.82, 2.24) is 10.2 Å². The van der Waals surface area contributed by atoms with E-state index in [9.17, 15) is 9.59 Å². The fourth-order valence-corrected chi connectivity index (χ4v) is 1.54. The molecule has 2 unspecified atom stereocenters. The number of hydrogen-bond acceptors (Lipinski definition) is 2. The number of carbonyl (C=O) groups is 2. The summed E-state index contributed by atoms with van der Waals surface area (Å²) in [7, 11) is 0. The van der Waals surface area contributed by atoms with Gasteiger partial charge in [-0.05, 0) is 12.3 Å². The van der Waals surface area contributed by atoms with E-state index in [-0.39, 0.29) is 12.5 Å². The minimum absolute atomic E-state index is 0.124. The van der Waals surface area contributed by atoms with Crippen LogP contribution < -0.4 is 5.32 Å². The van der Waals surface area contributed by atoms with Crippen LogP contribution in [0.4, 0.5) is 4.79 Å². The summed E-state index contributed by atoms with van der Waals surface area (Å²) in [5.74, 6) is 1.25. The second-order valence-corrected chi connectivity index (χ2v) is 4.28. The lowest BCUT2D eigenvalue weighted by molar-refractivity contribution is -0.140. The number of hydrogen-bond donors (Lipinski definition) is 2. The minimum atomic E-state index is -1.02. The van der Waals surface area contributed by atoms with Crippen molar-refractivity contribution in [2.45, 2.75) is 39.7 Å². The molecule has 5 heteroatoms. The molecule has 0 spiro atoms. The van der Waals surface area contributed by atoms with Crippen molar-refractivity contribution in [2.24, 2.45) is 5.92 Å². The predicted octanol–water partition coefficient (Wildman–Crippen LogP) is 1.54. The van der Waals surface area contributed by atoms with Crippen LogP contribution in [0.25, 0.3) is 0 Å². The largest absolute Gasteiger partial charge is 0.480 e. The quantitative estimate of drug-likeness (QED) is 0.677. The predicted molar refractivity (Wildman–Crippen MR) is 70.1 cm³/mol. The van der Waals surface area contributed by atoms with E-state index >= 15 is 0 Å². The van der Waals surface area contributed by atoms with Gasteiger partial charge in [-0.3, -0.25) is 0 Å². The normalized spacial score (nSPS) is 13.2. The third-order valence-electron chi connectivity index (χ3n) is 2.82. The number of carboxylic acids is 1. The summed E-state index contributed by atoms with van der Waals surface area (Å²) in [6.45, 7) is 6.32. The van der Waals surface area contributed by atoms with E-state index in [0.717, 1.165) is 6.42 Å². The molecule has 2 atom stereocenters. The lowest BCUT2D eigenvalue weighted by atomic mass is 9.99. The summed E-state index contributed by atoms with van der Waals surface area (Å²) in [4.78, 5) is 24.5. The Balaban J connectivity index is 4.66. The molecule has 0 aliphatic heterocycles. The van der Waals surface area contributed by atoms with Gasteiger partial charge in [-0.25, -0.2) is 9.59 Å². The average molecular weight is 254 g/mol. The lowest BCUT2D eigenvalue weighted by Gasteiger charge is -2.25. The highest BCUT2D eigenvalue weighted by Gasteiger charge is 2.26. The molecule has 102 valence electrons. The summed E-state index contributed by atoms with van der Waals surface area (Å²) in [5.41, 5.74) is 0. The van der Waals surface area contributed by atoms with Crippen LogP contribution in [-0.2, 0) is 4.79 Å². The molecule has 0 radical (unpaired) electrons. The van der Waals surface area contributed by atoms with Gasteiger partial charge in [-0.1, -0.05) is 33.1 Å². The first kappa shape index (κ1) is 16.3. The van der Waals surface area contributed by atoms with Gasteiger partial charge in [0.2, 0.25) is 0 Å². The lowest BCUT2D eigenvalue weighted by Crippen LogP contribution is -2.50. The average Bonchev–Trinajstić information content (AvgIpc) is 2.34. The number of urea groups is 1. The summed E-state index contributed by atoms with van der Waals surface area (Å²) in [5, 5.41) is 11.6. The molecule has 0 aromatic carbocycles. The first-order valence-electron chi connectivity index (χ1n) is 6.19. The molecule has 0 aromatic rings. The molecule has 5 nitrogen and oxygen atoms in total. The Kier molecular flexibility index (Phi) is 7.61. The number of rotatable bonds is 7. The van der Waals surface area contributed by atoms with Crippen molar-refractivity contribution in [1.29, 1.82) is 0 Å². The van der Waals surface area contributed by atoms with Crippen LogP contribution in [0.15, 0.2) is 0 Å². The van der Waals surface area contributed by atoms with Crippen LogP contribution in [0, 0.1) is 18.3 Å². The van der Waals surface area contributed by atoms with Crippen LogP contribution in [0.2, 0.25) is 0 Å². The number of nitrogens with one attached hydrogen (secondary N) is 1. The van der Waals surface area contributed by atoms with E-state index in [4.69, 9.17) is 11.5 Å². The number of carboxylic acid groups (broad SMARTS) is 1. The topological polar surface area (TPSA) is 69.6 Å². The Labute approximate surface area is 109 Å². The summed E-state index contributed by atoms with van der Waals surface area (Å²) >= 11 is 0. The molecule has 18 heavy (non-hydrogen) atoms. The Hall–Kier alpha value is -1.70. The van der Waals surface area contributed by atoms with Gasteiger partial charge in [0.05, 0.1) is 6.54 Å². The maximum atomic E-state index is 11.9. The molecule has 0 aliphatic carbocycles. The smallest absolute Gasteiger partial charge is 0.326 e. The van der Waals surface area contributed by atoms with Crippen LogP contribution in [0.1, 0.15) is 33.6 Å². The van der Waals surface area contributed by atoms with Gasteiger partial charge in [0.1, 0.15) is 6.04 Å². The van der Waals surface area contributed by atoms with Crippen molar-refractivity contribution >= 4 is 12.0 Å². The van der Waals surface area contributed by atoms with Crippen LogP contribution in [-0.4, -0.2) is 41.1 Å². The second kappa shape index (κ2) is 8.40. The Bertz CT molecular complexity index is 323. The van der Waals surface area contributed by atoms with E-state index in [1.54, 1.807) is 6.92 Å². The third-order valence-corrected chi connectivity index (χ3v) is 2.82. The van der Waals surface area contributed by atoms with Gasteiger partial charge in [0.25, 0.3) is 0 Å². The summed E-state index contributed by atoms with van der Waals surface area (Å²) in [6, 6.07) is -1.29. The number of carbonyl (C=O) groups excluding carboxylic acids is 1. The van der Waals surface area contributed by atoms with Gasteiger partial charge in [0.15, 0.2) is 0 Å². The zero-order valence-corrected chi connectivity index (χ0v) is 11.3. The molecule has 0 rings (SSSR count). The highest BCUT2D eigenvalue weighted by Crippen LogP contribution is 2.08. The van der Waals surface area contributed by atoms with Gasteiger partial charge in [-0.15, -0.1) is 6.42 Å². The molecular formula is C13H22N2O3. The molecule has 2 N–H and O–H groups in total. The minimum Gasteiger partial charge on any atom is -0.480 e. The van der Waals surface area contributed by atoms with Crippen molar-refractivity contribution in [3.63, 3.8) is 0 Å². The fraction of sp³-hybridized carbons (Fsp3) is 0.692. The van der Waals surface area contributed by atoms with E-state index in [0.29, 0.717) is 13.0 Å². The highest BCUT2D eigenvalue weighted by molar-refractivity contribution is 5.82. The van der Waals surface area contributed by atoms with Crippen LogP contribution >= 0.6 is 0 Å². The molecular weight excluding hydrogens is 232 g/mol. The van der Waals surface area contributed by atoms with Crippen molar-refractivity contribution in [2.75, 3.05) is 13.1 Å². The van der Waals surface area contributed by atoms with Gasteiger partial charge in [-0.2, -0.15) is 0 Å². The molecule has 0 heterocycles. The monoisotopic (exact) mass is 254 g/mol. The molecule has 0 fully saturated rings. The van der Waals surface area contributed by atoms with Crippen LogP contribution in [0.5, 0.6) is 0 Å². The van der Waals surface area contributed by atoms with Gasteiger partial charge >= 0.3 is 12.0 Å². The number of aliphatic carboxylic acids is 1. The van der Waals surface area contributed by atoms with Crippen molar-refractivity contribution in [3.8, 4) is 12.3 Å². The van der Waals surface area contributed by atoms with Crippen LogP contribution in [0.3, 0.4) is 0 Å². The standard InChI is InChI=1S/C13H22N2O3/c1-5-8-15(9-6-2)13(18)14-11(12(16)17)10(4)7-3/h1,10-11H,6-9H2,2-4H3,(H,14,18)(H,16,17). The maximum Gasteiger partial charge on any atom is 0.326 e. The zero-order valence-electron chi connectivity index (χ0n) is 11.3. The van der Waals surface area contributed by atoms with E-state index in [1.807, 2.05) is 13.8 Å². The molecule has 0 saturated carbocycles. The zero-order chi connectivity index (χ0) is 14.1. The highest BCUT2D eigenvalue weighted by atomic mass is 16.4. The molecule has 0 bridgehead atoms. The van der Waals surface area contributed by atoms with E-state index in [1.165, 1.54) is 4.90 Å². The van der Waals surface area contributed by atoms with Gasteiger partial charge < -0.3 is 15.3 Å². The Morgan fingerprint density at radius 1 is 1.44 bits per heavy atom. The van der Waals surface area contributed by atoms with E-state index in [2.05, 4.69) is 11.2 Å².